The van der Waals surface area contributed by atoms with Crippen LogP contribution in [0.5, 0.6) is 0 Å². The summed E-state index contributed by atoms with van der Waals surface area (Å²) in [5, 5.41) is 3.44. The van der Waals surface area contributed by atoms with Crippen LogP contribution in [-0.4, -0.2) is 19.6 Å². The molecule has 1 heterocycles. The molecule has 1 aromatic rings. The average Bonchev–Trinajstić information content (AvgIpc) is 2.35. The quantitative estimate of drug-likeness (QED) is 0.893. The van der Waals surface area contributed by atoms with E-state index in [1.807, 2.05) is 0 Å². The fourth-order valence-corrected chi connectivity index (χ4v) is 3.30. The molecule has 0 bridgehead atoms. The molecular formula is C16H25BrN2. The third kappa shape index (κ3) is 3.96. The van der Waals surface area contributed by atoms with E-state index in [0.29, 0.717) is 5.41 Å². The van der Waals surface area contributed by atoms with Gasteiger partial charge in [0.05, 0.1) is 0 Å². The lowest BCUT2D eigenvalue weighted by molar-refractivity contribution is 0.293. The van der Waals surface area contributed by atoms with Crippen molar-refractivity contribution in [2.45, 2.75) is 40.2 Å². The standard InChI is InChI=1S/C16H25BrN2/c1-4-18-11-13-10-14(17)6-7-15(13)19-9-5-8-16(2,3)12-19/h6-7,10,18H,4-5,8-9,11-12H2,1-3H3. The summed E-state index contributed by atoms with van der Waals surface area (Å²) in [7, 11) is 0. The molecule has 0 amide bonds. The second-order valence-electron chi connectivity index (χ2n) is 6.24. The summed E-state index contributed by atoms with van der Waals surface area (Å²) < 4.78 is 1.17. The smallest absolute Gasteiger partial charge is 0.0412 e. The lowest BCUT2D eigenvalue weighted by Gasteiger charge is -2.40. The molecular weight excluding hydrogens is 300 g/mol. The van der Waals surface area contributed by atoms with Crippen LogP contribution in [0.3, 0.4) is 0 Å². The zero-order valence-electron chi connectivity index (χ0n) is 12.3. The summed E-state index contributed by atoms with van der Waals surface area (Å²) in [5.74, 6) is 0. The molecule has 2 rings (SSSR count). The van der Waals surface area contributed by atoms with E-state index < -0.39 is 0 Å². The number of nitrogens with one attached hydrogen (secondary N) is 1. The Morgan fingerprint density at radius 2 is 2.16 bits per heavy atom. The minimum absolute atomic E-state index is 0.431. The molecule has 3 heteroatoms. The molecule has 2 nitrogen and oxygen atoms in total. The van der Waals surface area contributed by atoms with Crippen LogP contribution in [-0.2, 0) is 6.54 Å². The Labute approximate surface area is 125 Å². The number of nitrogens with zero attached hydrogens (tertiary/aromatic N) is 1. The molecule has 0 unspecified atom stereocenters. The largest absolute Gasteiger partial charge is 0.371 e. The molecule has 1 saturated heterocycles. The fourth-order valence-electron chi connectivity index (χ4n) is 2.89. The van der Waals surface area contributed by atoms with Crippen molar-refractivity contribution in [3.63, 3.8) is 0 Å². The molecule has 0 saturated carbocycles. The average molecular weight is 325 g/mol. The van der Waals surface area contributed by atoms with E-state index in [9.17, 15) is 0 Å². The van der Waals surface area contributed by atoms with Gasteiger partial charge >= 0.3 is 0 Å². The summed E-state index contributed by atoms with van der Waals surface area (Å²) in [4.78, 5) is 2.56. The Kier molecular flexibility index (Phi) is 4.91. The first-order valence-electron chi connectivity index (χ1n) is 7.26. The summed E-state index contributed by atoms with van der Waals surface area (Å²) >= 11 is 3.59. The van der Waals surface area contributed by atoms with Crippen LogP contribution in [0, 0.1) is 5.41 Å². The number of piperidine rings is 1. The predicted molar refractivity (Wildman–Crippen MR) is 86.8 cm³/mol. The van der Waals surface area contributed by atoms with Crippen LogP contribution in [0.1, 0.15) is 39.2 Å². The lowest BCUT2D eigenvalue weighted by Crippen LogP contribution is -2.40. The molecule has 19 heavy (non-hydrogen) atoms. The molecule has 106 valence electrons. The predicted octanol–water partition coefficient (Wildman–Crippen LogP) is 4.19. The highest BCUT2D eigenvalue weighted by Crippen LogP contribution is 2.34. The number of halogens is 1. The van der Waals surface area contributed by atoms with Crippen LogP contribution in [0.25, 0.3) is 0 Å². The Balaban J connectivity index is 2.22. The summed E-state index contributed by atoms with van der Waals surface area (Å²) in [6.07, 6.45) is 2.63. The number of anilines is 1. The van der Waals surface area contributed by atoms with Crippen LogP contribution in [0.4, 0.5) is 5.69 Å². The van der Waals surface area contributed by atoms with E-state index in [1.54, 1.807) is 0 Å². The zero-order valence-corrected chi connectivity index (χ0v) is 13.9. The zero-order chi connectivity index (χ0) is 13.9. The first-order chi connectivity index (χ1) is 9.02. The van der Waals surface area contributed by atoms with Crippen molar-refractivity contribution in [1.82, 2.24) is 5.32 Å². The maximum absolute atomic E-state index is 3.59. The van der Waals surface area contributed by atoms with Crippen molar-refractivity contribution in [3.05, 3.63) is 28.2 Å². The molecule has 0 atom stereocenters. The van der Waals surface area contributed by atoms with E-state index in [4.69, 9.17) is 0 Å². The van der Waals surface area contributed by atoms with Gasteiger partial charge in [-0.1, -0.05) is 36.7 Å². The van der Waals surface area contributed by atoms with Gasteiger partial charge in [-0.15, -0.1) is 0 Å². The first-order valence-corrected chi connectivity index (χ1v) is 8.05. The van der Waals surface area contributed by atoms with Gasteiger partial charge in [0.15, 0.2) is 0 Å². The summed E-state index contributed by atoms with van der Waals surface area (Å²) in [5.41, 5.74) is 3.23. The van der Waals surface area contributed by atoms with Gasteiger partial charge in [0.2, 0.25) is 0 Å². The number of hydrogen-bond donors (Lipinski definition) is 1. The van der Waals surface area contributed by atoms with E-state index in [0.717, 1.165) is 19.6 Å². The van der Waals surface area contributed by atoms with Gasteiger partial charge in [0.1, 0.15) is 0 Å². The van der Waals surface area contributed by atoms with Crippen molar-refractivity contribution in [3.8, 4) is 0 Å². The van der Waals surface area contributed by atoms with Gasteiger partial charge < -0.3 is 10.2 Å². The van der Waals surface area contributed by atoms with E-state index in [-0.39, 0.29) is 0 Å². The Bertz CT molecular complexity index is 429. The lowest BCUT2D eigenvalue weighted by atomic mass is 9.84. The second kappa shape index (κ2) is 6.27. The van der Waals surface area contributed by atoms with E-state index in [2.05, 4.69) is 65.1 Å². The topological polar surface area (TPSA) is 15.3 Å². The number of rotatable bonds is 4. The second-order valence-corrected chi connectivity index (χ2v) is 7.16. The third-order valence-electron chi connectivity index (χ3n) is 3.85. The maximum Gasteiger partial charge on any atom is 0.0412 e. The van der Waals surface area contributed by atoms with Gasteiger partial charge in [0.25, 0.3) is 0 Å². The number of benzene rings is 1. The number of hydrogen-bond acceptors (Lipinski definition) is 2. The van der Waals surface area contributed by atoms with Crippen LogP contribution in [0.2, 0.25) is 0 Å². The van der Waals surface area contributed by atoms with Crippen molar-refractivity contribution in [2.24, 2.45) is 5.41 Å². The molecule has 1 aliphatic heterocycles. The van der Waals surface area contributed by atoms with Crippen molar-refractivity contribution in [2.75, 3.05) is 24.5 Å². The van der Waals surface area contributed by atoms with Gasteiger partial charge in [-0.05, 0) is 48.6 Å². The molecule has 1 aromatic carbocycles. The molecule has 0 aromatic heterocycles. The Hall–Kier alpha value is -0.540. The van der Waals surface area contributed by atoms with Gasteiger partial charge in [-0.2, -0.15) is 0 Å². The minimum Gasteiger partial charge on any atom is -0.371 e. The van der Waals surface area contributed by atoms with Gasteiger partial charge in [-0.3, -0.25) is 0 Å². The van der Waals surface area contributed by atoms with Crippen molar-refractivity contribution >= 4 is 21.6 Å². The highest BCUT2D eigenvalue weighted by Gasteiger charge is 2.27. The third-order valence-corrected chi connectivity index (χ3v) is 4.34. The Morgan fingerprint density at radius 1 is 1.37 bits per heavy atom. The van der Waals surface area contributed by atoms with Crippen molar-refractivity contribution in [1.29, 1.82) is 0 Å². The minimum atomic E-state index is 0.431. The van der Waals surface area contributed by atoms with Crippen LogP contribution in [0.15, 0.2) is 22.7 Å². The SMILES string of the molecule is CCNCc1cc(Br)ccc1N1CCCC(C)(C)C1. The molecule has 1 N–H and O–H groups in total. The molecule has 0 aliphatic carbocycles. The van der Waals surface area contributed by atoms with E-state index in [1.165, 1.54) is 35.1 Å². The Morgan fingerprint density at radius 3 is 2.84 bits per heavy atom. The van der Waals surface area contributed by atoms with Gasteiger partial charge in [0, 0.05) is 29.8 Å². The fraction of sp³-hybridized carbons (Fsp3) is 0.625. The summed E-state index contributed by atoms with van der Waals surface area (Å²) in [6.45, 7) is 11.2. The molecule has 0 spiro atoms. The molecule has 0 radical (unpaired) electrons. The normalized spacial score (nSPS) is 18.6. The highest BCUT2D eigenvalue weighted by atomic mass is 79.9. The highest BCUT2D eigenvalue weighted by molar-refractivity contribution is 9.10. The van der Waals surface area contributed by atoms with Crippen LogP contribution < -0.4 is 10.2 Å². The van der Waals surface area contributed by atoms with E-state index >= 15 is 0 Å². The van der Waals surface area contributed by atoms with Crippen molar-refractivity contribution < 1.29 is 0 Å². The van der Waals surface area contributed by atoms with Gasteiger partial charge in [-0.25, -0.2) is 0 Å². The van der Waals surface area contributed by atoms with Crippen LogP contribution >= 0.6 is 15.9 Å². The monoisotopic (exact) mass is 324 g/mol. The maximum atomic E-state index is 3.59. The molecule has 1 fully saturated rings. The molecule has 1 aliphatic rings. The first kappa shape index (κ1) is 14.9. The summed E-state index contributed by atoms with van der Waals surface area (Å²) in [6, 6.07) is 6.67.